The molecule has 1 aromatic carbocycles. The van der Waals surface area contributed by atoms with Crippen LogP contribution in [-0.2, 0) is 10.0 Å². The highest BCUT2D eigenvalue weighted by Gasteiger charge is 2.18. The Labute approximate surface area is 104 Å². The van der Waals surface area contributed by atoms with E-state index in [0.717, 1.165) is 0 Å². The lowest BCUT2D eigenvalue weighted by atomic mass is 10.4. The van der Waals surface area contributed by atoms with Gasteiger partial charge in [0.2, 0.25) is 10.0 Å². The molecule has 0 bridgehead atoms. The minimum absolute atomic E-state index is 0.181. The normalized spacial score (nSPS) is 17.5. The lowest BCUT2D eigenvalue weighted by Gasteiger charge is -2.10. The van der Waals surface area contributed by atoms with Crippen LogP contribution in [-0.4, -0.2) is 21.1 Å². The maximum atomic E-state index is 11.8. The summed E-state index contributed by atoms with van der Waals surface area (Å²) in [6.07, 6.45) is -0.225. The van der Waals surface area contributed by atoms with E-state index in [1.54, 1.807) is 0 Å². The summed E-state index contributed by atoms with van der Waals surface area (Å²) in [5.41, 5.74) is 10.7. The zero-order chi connectivity index (χ0) is 12.3. The van der Waals surface area contributed by atoms with Crippen LogP contribution in [0.25, 0.3) is 0 Å². The van der Waals surface area contributed by atoms with Crippen molar-refractivity contribution in [3.8, 4) is 0 Å². The van der Waals surface area contributed by atoms with Crippen LogP contribution in [0.5, 0.6) is 0 Å². The monoisotopic (exact) mass is 277 g/mol. The molecule has 1 aromatic rings. The van der Waals surface area contributed by atoms with E-state index in [1.807, 2.05) is 0 Å². The summed E-state index contributed by atoms with van der Waals surface area (Å²) in [5, 5.41) is 0.497. The van der Waals surface area contributed by atoms with Gasteiger partial charge in [0.1, 0.15) is 0 Å². The fraction of sp³-hybridized carbons (Fsp3) is 0.250. The highest BCUT2D eigenvalue weighted by atomic mass is 35.5. The lowest BCUT2D eigenvalue weighted by Crippen LogP contribution is -2.44. The van der Waals surface area contributed by atoms with Crippen LogP contribution in [0, 0.1) is 0 Å². The number of nitrogens with one attached hydrogen (secondary N) is 5. The van der Waals surface area contributed by atoms with Crippen molar-refractivity contribution in [1.82, 2.24) is 26.6 Å². The number of rotatable bonds is 4. The molecule has 94 valence electrons. The molecule has 0 spiro atoms. The van der Waals surface area contributed by atoms with E-state index >= 15 is 0 Å². The third-order valence-electron chi connectivity index (χ3n) is 2.16. The topological polar surface area (TPSA) is 94.3 Å². The van der Waals surface area contributed by atoms with Gasteiger partial charge in [-0.3, -0.25) is 0 Å². The molecule has 9 heteroatoms. The Hall–Kier alpha value is -0.740. The van der Waals surface area contributed by atoms with E-state index in [4.69, 9.17) is 11.6 Å². The van der Waals surface area contributed by atoms with E-state index < -0.39 is 10.0 Å². The van der Waals surface area contributed by atoms with Crippen LogP contribution in [0.2, 0.25) is 5.02 Å². The van der Waals surface area contributed by atoms with Gasteiger partial charge >= 0.3 is 0 Å². The molecule has 0 aromatic heterocycles. The van der Waals surface area contributed by atoms with Crippen LogP contribution in [0.15, 0.2) is 29.2 Å². The molecule has 0 unspecified atom stereocenters. The molecule has 1 aliphatic rings. The Kier molecular flexibility index (Phi) is 3.94. The molecule has 1 aliphatic heterocycles. The van der Waals surface area contributed by atoms with Gasteiger partial charge in [0, 0.05) is 11.6 Å². The summed E-state index contributed by atoms with van der Waals surface area (Å²) in [7, 11) is -3.51. The van der Waals surface area contributed by atoms with Gasteiger partial charge in [-0.2, -0.15) is 11.1 Å². The molecule has 2 rings (SSSR count). The van der Waals surface area contributed by atoms with Crippen LogP contribution < -0.4 is 26.6 Å². The Morgan fingerprint density at radius 1 is 1.18 bits per heavy atom. The summed E-state index contributed by atoms with van der Waals surface area (Å²) >= 11 is 5.69. The van der Waals surface area contributed by atoms with Crippen molar-refractivity contribution in [3.05, 3.63) is 29.3 Å². The standard InChI is InChI=1S/C8H12ClN5O2S/c9-6-1-3-7(4-2-6)17(15,16)10-5-8-11-13-14-12-8/h1-4,8,10-14H,5H2. The van der Waals surface area contributed by atoms with Crippen molar-refractivity contribution in [3.63, 3.8) is 0 Å². The van der Waals surface area contributed by atoms with Gasteiger partial charge in [-0.15, -0.1) is 0 Å². The third-order valence-corrected chi connectivity index (χ3v) is 3.85. The van der Waals surface area contributed by atoms with Crippen LogP contribution >= 0.6 is 11.6 Å². The quantitative estimate of drug-likeness (QED) is 0.488. The average Bonchev–Trinajstić information content (AvgIpc) is 2.80. The van der Waals surface area contributed by atoms with Gasteiger partial charge in [-0.25, -0.2) is 24.0 Å². The maximum Gasteiger partial charge on any atom is 0.240 e. The molecule has 0 amide bonds. The highest BCUT2D eigenvalue weighted by molar-refractivity contribution is 7.89. The number of hydrazine groups is 3. The summed E-state index contributed by atoms with van der Waals surface area (Å²) in [6, 6.07) is 5.98. The first-order valence-electron chi connectivity index (χ1n) is 4.84. The maximum absolute atomic E-state index is 11.8. The number of benzene rings is 1. The molecule has 1 saturated heterocycles. The fourth-order valence-electron chi connectivity index (χ4n) is 1.27. The molecule has 1 fully saturated rings. The van der Waals surface area contributed by atoms with Crippen LogP contribution in [0.3, 0.4) is 0 Å². The van der Waals surface area contributed by atoms with Crippen LogP contribution in [0.4, 0.5) is 0 Å². The number of hydrogen-bond acceptors (Lipinski definition) is 6. The Bertz CT molecular complexity index is 471. The zero-order valence-electron chi connectivity index (χ0n) is 8.70. The van der Waals surface area contributed by atoms with Crippen molar-refractivity contribution >= 4 is 21.6 Å². The number of hydrogen-bond donors (Lipinski definition) is 5. The van der Waals surface area contributed by atoms with Crippen molar-refractivity contribution in [2.24, 2.45) is 0 Å². The lowest BCUT2D eigenvalue weighted by molar-refractivity contribution is 0.505. The molecule has 5 N–H and O–H groups in total. The second-order valence-corrected chi connectivity index (χ2v) is 5.60. The predicted octanol–water partition coefficient (Wildman–Crippen LogP) is -0.939. The first-order chi connectivity index (χ1) is 8.08. The van der Waals surface area contributed by atoms with Gasteiger partial charge in [0.15, 0.2) is 0 Å². The minimum Gasteiger partial charge on any atom is -0.223 e. The van der Waals surface area contributed by atoms with E-state index in [1.165, 1.54) is 24.3 Å². The first-order valence-corrected chi connectivity index (χ1v) is 6.70. The largest absolute Gasteiger partial charge is 0.240 e. The minimum atomic E-state index is -3.51. The second-order valence-electron chi connectivity index (χ2n) is 3.40. The predicted molar refractivity (Wildman–Crippen MR) is 63.0 cm³/mol. The molecule has 0 aliphatic carbocycles. The number of sulfonamides is 1. The molecule has 1 heterocycles. The van der Waals surface area contributed by atoms with Crippen molar-refractivity contribution < 1.29 is 8.42 Å². The summed E-state index contributed by atoms with van der Waals surface area (Å²) in [5.74, 6) is 0. The van der Waals surface area contributed by atoms with Crippen LogP contribution in [0.1, 0.15) is 0 Å². The Morgan fingerprint density at radius 3 is 2.35 bits per heavy atom. The molecule has 17 heavy (non-hydrogen) atoms. The van der Waals surface area contributed by atoms with Crippen molar-refractivity contribution in [1.29, 1.82) is 0 Å². The first kappa shape index (κ1) is 12.7. The second kappa shape index (κ2) is 5.27. The van der Waals surface area contributed by atoms with E-state index in [9.17, 15) is 8.42 Å². The summed E-state index contributed by atoms with van der Waals surface area (Å²) in [4.78, 5) is 0.181. The smallest absolute Gasteiger partial charge is 0.223 e. The van der Waals surface area contributed by atoms with E-state index in [2.05, 4.69) is 26.6 Å². The number of halogens is 1. The molecule has 0 radical (unpaired) electrons. The summed E-state index contributed by atoms with van der Waals surface area (Å²) in [6.45, 7) is 0.199. The van der Waals surface area contributed by atoms with Crippen molar-refractivity contribution in [2.45, 2.75) is 11.1 Å². The Morgan fingerprint density at radius 2 is 1.76 bits per heavy atom. The SMILES string of the molecule is O=S(=O)(NCC1NNNN1)c1ccc(Cl)cc1. The van der Waals surface area contributed by atoms with Gasteiger partial charge in [0.05, 0.1) is 11.1 Å². The third kappa shape index (κ3) is 3.36. The molecule has 0 saturated carbocycles. The molecule has 7 nitrogen and oxygen atoms in total. The molecular weight excluding hydrogens is 266 g/mol. The fourth-order valence-corrected chi connectivity index (χ4v) is 2.45. The molecule has 0 atom stereocenters. The molecular formula is C8H12ClN5O2S. The van der Waals surface area contributed by atoms with Gasteiger partial charge < -0.3 is 0 Å². The van der Waals surface area contributed by atoms with Gasteiger partial charge in [-0.1, -0.05) is 11.6 Å². The highest BCUT2D eigenvalue weighted by Crippen LogP contribution is 2.13. The van der Waals surface area contributed by atoms with Crippen molar-refractivity contribution in [2.75, 3.05) is 6.54 Å². The summed E-state index contributed by atoms with van der Waals surface area (Å²) < 4.78 is 26.2. The average molecular weight is 278 g/mol. The van der Waals surface area contributed by atoms with Gasteiger partial charge in [0.25, 0.3) is 0 Å². The Balaban J connectivity index is 2.00. The van der Waals surface area contributed by atoms with E-state index in [0.29, 0.717) is 5.02 Å². The van der Waals surface area contributed by atoms with Gasteiger partial charge in [-0.05, 0) is 24.3 Å². The van der Waals surface area contributed by atoms with E-state index in [-0.39, 0.29) is 17.6 Å². The zero-order valence-corrected chi connectivity index (χ0v) is 10.3.